The van der Waals surface area contributed by atoms with Gasteiger partial charge in [-0.3, -0.25) is 9.69 Å². The predicted molar refractivity (Wildman–Crippen MR) is 69.4 cm³/mol. The second-order valence-electron chi connectivity index (χ2n) is 5.04. The number of rotatable bonds is 2. The zero-order valence-corrected chi connectivity index (χ0v) is 11.0. The van der Waals surface area contributed by atoms with Crippen LogP contribution in [0.4, 0.5) is 0 Å². The van der Waals surface area contributed by atoms with Crippen LogP contribution >= 0.6 is 11.3 Å². The van der Waals surface area contributed by atoms with E-state index in [4.69, 9.17) is 0 Å². The van der Waals surface area contributed by atoms with Crippen LogP contribution in [-0.2, 0) is 0 Å². The molecule has 17 heavy (non-hydrogen) atoms. The summed E-state index contributed by atoms with van der Waals surface area (Å²) in [5, 5.41) is 3.92. The third kappa shape index (κ3) is 1.70. The maximum Gasteiger partial charge on any atom is 0.254 e. The monoisotopic (exact) mass is 250 g/mol. The summed E-state index contributed by atoms with van der Waals surface area (Å²) in [4.78, 5) is 16.8. The van der Waals surface area contributed by atoms with Crippen LogP contribution in [0, 0.1) is 0 Å². The van der Waals surface area contributed by atoms with Crippen LogP contribution in [0.15, 0.2) is 16.8 Å². The molecule has 1 spiro atoms. The Morgan fingerprint density at radius 2 is 2.29 bits per heavy atom. The molecule has 0 radical (unpaired) electrons. The van der Waals surface area contributed by atoms with Crippen molar-refractivity contribution in [2.24, 2.45) is 0 Å². The third-order valence-corrected chi connectivity index (χ3v) is 4.97. The summed E-state index contributed by atoms with van der Waals surface area (Å²) in [5.41, 5.74) is 1.18. The van der Waals surface area contributed by atoms with E-state index >= 15 is 0 Å². The maximum atomic E-state index is 12.2. The van der Waals surface area contributed by atoms with E-state index in [9.17, 15) is 4.79 Å². The summed E-state index contributed by atoms with van der Waals surface area (Å²) in [6.45, 7) is 6.38. The molecular weight excluding hydrogens is 232 g/mol. The van der Waals surface area contributed by atoms with Gasteiger partial charge in [0, 0.05) is 30.6 Å². The molecule has 1 atom stereocenters. The van der Waals surface area contributed by atoms with Crippen LogP contribution in [-0.4, -0.2) is 47.4 Å². The molecule has 2 fully saturated rings. The van der Waals surface area contributed by atoms with E-state index in [0.717, 1.165) is 31.6 Å². The molecule has 0 saturated carbocycles. The molecular formula is C13H18N2OS. The number of carbonyl (C=O) groups is 1. The maximum absolute atomic E-state index is 12.2. The number of hydrogen-bond acceptors (Lipinski definition) is 3. The lowest BCUT2D eigenvalue weighted by Crippen LogP contribution is -2.61. The van der Waals surface area contributed by atoms with Gasteiger partial charge < -0.3 is 4.90 Å². The van der Waals surface area contributed by atoms with Gasteiger partial charge in [-0.25, -0.2) is 0 Å². The van der Waals surface area contributed by atoms with Crippen molar-refractivity contribution in [3.8, 4) is 0 Å². The number of likely N-dealkylation sites (N-methyl/N-ethyl adjacent to an activating group) is 1. The second-order valence-corrected chi connectivity index (χ2v) is 5.82. The van der Waals surface area contributed by atoms with Crippen molar-refractivity contribution in [3.05, 3.63) is 22.4 Å². The third-order valence-electron chi connectivity index (χ3n) is 4.29. The average molecular weight is 250 g/mol. The Kier molecular flexibility index (Phi) is 2.71. The summed E-state index contributed by atoms with van der Waals surface area (Å²) in [6, 6.07) is 1.93. The minimum Gasteiger partial charge on any atom is -0.337 e. The molecule has 3 heterocycles. The van der Waals surface area contributed by atoms with Gasteiger partial charge in [0.2, 0.25) is 0 Å². The van der Waals surface area contributed by atoms with Crippen LogP contribution in [0.2, 0.25) is 0 Å². The number of likely N-dealkylation sites (tertiary alicyclic amines) is 2. The molecule has 0 aromatic carbocycles. The molecule has 2 aliphatic heterocycles. The van der Waals surface area contributed by atoms with E-state index in [1.165, 1.54) is 13.0 Å². The topological polar surface area (TPSA) is 23.6 Å². The molecule has 92 valence electrons. The normalized spacial score (nSPS) is 28.6. The molecule has 4 heteroatoms. The van der Waals surface area contributed by atoms with Crippen LogP contribution in [0.25, 0.3) is 0 Å². The number of nitrogens with zero attached hydrogens (tertiary/aromatic N) is 2. The fraction of sp³-hybridized carbons (Fsp3) is 0.615. The first kappa shape index (κ1) is 11.2. The molecule has 3 rings (SSSR count). The Hall–Kier alpha value is -0.870. The molecule has 1 aromatic rings. The quantitative estimate of drug-likeness (QED) is 0.802. The van der Waals surface area contributed by atoms with Gasteiger partial charge in [-0.05, 0) is 30.8 Å². The molecule has 0 N–H and O–H groups in total. The predicted octanol–water partition coefficient (Wildman–Crippen LogP) is 2.06. The number of carbonyl (C=O) groups excluding carboxylic acids is 1. The Balaban J connectivity index is 1.70. The van der Waals surface area contributed by atoms with Crippen molar-refractivity contribution >= 4 is 17.2 Å². The van der Waals surface area contributed by atoms with E-state index in [0.29, 0.717) is 5.54 Å². The first-order chi connectivity index (χ1) is 8.25. The fourth-order valence-electron chi connectivity index (χ4n) is 3.14. The first-order valence-corrected chi connectivity index (χ1v) is 7.26. The van der Waals surface area contributed by atoms with Gasteiger partial charge in [0.15, 0.2) is 0 Å². The van der Waals surface area contributed by atoms with Crippen LogP contribution in [0.5, 0.6) is 0 Å². The highest BCUT2D eigenvalue weighted by Gasteiger charge is 2.49. The van der Waals surface area contributed by atoms with Crippen molar-refractivity contribution in [1.29, 1.82) is 0 Å². The summed E-state index contributed by atoms with van der Waals surface area (Å²) < 4.78 is 0. The largest absolute Gasteiger partial charge is 0.337 e. The van der Waals surface area contributed by atoms with E-state index in [1.807, 2.05) is 21.7 Å². The number of amides is 1. The van der Waals surface area contributed by atoms with Gasteiger partial charge in [0.05, 0.1) is 5.56 Å². The highest BCUT2D eigenvalue weighted by Crippen LogP contribution is 2.39. The minimum atomic E-state index is 0.214. The number of thiophene rings is 1. The molecule has 2 saturated heterocycles. The molecule has 0 bridgehead atoms. The van der Waals surface area contributed by atoms with E-state index in [1.54, 1.807) is 11.3 Å². The summed E-state index contributed by atoms with van der Waals surface area (Å²) >= 11 is 1.59. The van der Waals surface area contributed by atoms with E-state index < -0.39 is 0 Å². The standard InChI is InChI=1S/C13H18N2OS/c1-2-15-7-5-13(15)4-6-14(10-13)12(16)11-3-8-17-9-11/h3,8-9H,2,4-7,10H2,1H3. The zero-order chi connectivity index (χ0) is 11.9. The Morgan fingerprint density at radius 3 is 2.88 bits per heavy atom. The van der Waals surface area contributed by atoms with E-state index in [-0.39, 0.29) is 5.91 Å². The lowest BCUT2D eigenvalue weighted by molar-refractivity contribution is -0.000759. The van der Waals surface area contributed by atoms with Gasteiger partial charge >= 0.3 is 0 Å². The van der Waals surface area contributed by atoms with Crippen molar-refractivity contribution in [2.45, 2.75) is 25.3 Å². The SMILES string of the molecule is CCN1CCC12CCN(C(=O)c1ccsc1)C2. The lowest BCUT2D eigenvalue weighted by atomic mass is 9.84. The van der Waals surface area contributed by atoms with Crippen molar-refractivity contribution in [1.82, 2.24) is 9.80 Å². The molecule has 1 amide bonds. The fourth-order valence-corrected chi connectivity index (χ4v) is 3.77. The Bertz CT molecular complexity index is 415. The van der Waals surface area contributed by atoms with Crippen LogP contribution < -0.4 is 0 Å². The highest BCUT2D eigenvalue weighted by atomic mass is 32.1. The summed E-state index contributed by atoms with van der Waals surface area (Å²) in [5.74, 6) is 0.214. The molecule has 2 aliphatic rings. The minimum absolute atomic E-state index is 0.214. The van der Waals surface area contributed by atoms with Gasteiger partial charge in [0.25, 0.3) is 5.91 Å². The summed E-state index contributed by atoms with van der Waals surface area (Å²) in [7, 11) is 0. The zero-order valence-electron chi connectivity index (χ0n) is 10.2. The molecule has 3 nitrogen and oxygen atoms in total. The van der Waals surface area contributed by atoms with Crippen molar-refractivity contribution in [2.75, 3.05) is 26.2 Å². The second kappa shape index (κ2) is 4.10. The molecule has 1 aromatic heterocycles. The first-order valence-electron chi connectivity index (χ1n) is 6.32. The van der Waals surface area contributed by atoms with E-state index in [2.05, 4.69) is 11.8 Å². The van der Waals surface area contributed by atoms with Crippen molar-refractivity contribution in [3.63, 3.8) is 0 Å². The number of hydrogen-bond donors (Lipinski definition) is 0. The summed E-state index contributed by atoms with van der Waals surface area (Å²) in [6.07, 6.45) is 2.41. The van der Waals surface area contributed by atoms with Gasteiger partial charge in [0.1, 0.15) is 0 Å². The van der Waals surface area contributed by atoms with Crippen LogP contribution in [0.3, 0.4) is 0 Å². The highest BCUT2D eigenvalue weighted by molar-refractivity contribution is 7.08. The average Bonchev–Trinajstić information content (AvgIpc) is 2.98. The lowest BCUT2D eigenvalue weighted by Gasteiger charge is -2.50. The van der Waals surface area contributed by atoms with Crippen molar-refractivity contribution < 1.29 is 4.79 Å². The molecule has 0 aliphatic carbocycles. The smallest absolute Gasteiger partial charge is 0.254 e. The van der Waals surface area contributed by atoms with Gasteiger partial charge in [-0.1, -0.05) is 6.92 Å². The van der Waals surface area contributed by atoms with Crippen LogP contribution in [0.1, 0.15) is 30.1 Å². The van der Waals surface area contributed by atoms with Gasteiger partial charge in [-0.2, -0.15) is 11.3 Å². The molecule has 1 unspecified atom stereocenters. The Morgan fingerprint density at radius 1 is 1.47 bits per heavy atom. The Labute approximate surface area is 106 Å². The van der Waals surface area contributed by atoms with Gasteiger partial charge in [-0.15, -0.1) is 0 Å².